The molecule has 0 aliphatic heterocycles. The van der Waals surface area contributed by atoms with Gasteiger partial charge in [-0.05, 0) is 65.2 Å². The van der Waals surface area contributed by atoms with Crippen LogP contribution in [0.5, 0.6) is 0 Å². The van der Waals surface area contributed by atoms with Crippen molar-refractivity contribution >= 4 is 8.32 Å². The molecule has 26 heavy (non-hydrogen) atoms. The average Bonchev–Trinajstić information content (AvgIpc) is 2.57. The molecule has 0 radical (unpaired) electrons. The zero-order valence-electron chi connectivity index (χ0n) is 18.9. The Morgan fingerprint density at radius 3 is 1.85 bits per heavy atom. The standard InChI is InChI=1S/C21H42O4Si/c1-14-15(13-23-19(2,3)4)18(24-20(5,6)7)16(22)17(14)25-26(11,12)21(8,9)10/h15-18,22H,1,13H2,2-12H3/t15-,16-,17-,18+/m0/s1. The highest BCUT2D eigenvalue weighted by molar-refractivity contribution is 6.74. The van der Waals surface area contributed by atoms with Crippen molar-refractivity contribution in [2.75, 3.05) is 6.61 Å². The van der Waals surface area contributed by atoms with E-state index in [4.69, 9.17) is 13.9 Å². The van der Waals surface area contributed by atoms with Crippen LogP contribution in [0.15, 0.2) is 12.2 Å². The first-order chi connectivity index (χ1) is 11.4. The first-order valence-corrected chi connectivity index (χ1v) is 12.6. The lowest BCUT2D eigenvalue weighted by Gasteiger charge is -2.39. The van der Waals surface area contributed by atoms with Crippen LogP contribution in [0.4, 0.5) is 0 Å². The van der Waals surface area contributed by atoms with E-state index in [1.54, 1.807) is 0 Å². The molecule has 0 aromatic heterocycles. The minimum absolute atomic E-state index is 0.0629. The topological polar surface area (TPSA) is 47.9 Å². The van der Waals surface area contributed by atoms with E-state index in [1.165, 1.54) is 0 Å². The molecule has 0 spiro atoms. The fourth-order valence-electron chi connectivity index (χ4n) is 2.79. The van der Waals surface area contributed by atoms with Crippen molar-refractivity contribution in [1.82, 2.24) is 0 Å². The molecule has 4 nitrogen and oxygen atoms in total. The number of ether oxygens (including phenoxy) is 2. The molecule has 0 aromatic rings. The van der Waals surface area contributed by atoms with Gasteiger partial charge >= 0.3 is 0 Å². The van der Waals surface area contributed by atoms with Crippen molar-refractivity contribution in [2.45, 2.75) is 110 Å². The summed E-state index contributed by atoms with van der Waals surface area (Å²) in [5.74, 6) is -0.0850. The Balaban J connectivity index is 3.09. The summed E-state index contributed by atoms with van der Waals surface area (Å²) in [4.78, 5) is 0. The summed E-state index contributed by atoms with van der Waals surface area (Å²) in [5, 5.41) is 11.1. The minimum Gasteiger partial charge on any atom is -0.408 e. The van der Waals surface area contributed by atoms with Gasteiger partial charge in [-0.25, -0.2) is 0 Å². The van der Waals surface area contributed by atoms with E-state index in [0.29, 0.717) is 6.61 Å². The molecule has 1 aliphatic rings. The van der Waals surface area contributed by atoms with Crippen molar-refractivity contribution in [3.63, 3.8) is 0 Å². The van der Waals surface area contributed by atoms with Gasteiger partial charge in [0, 0.05) is 5.92 Å². The molecule has 0 amide bonds. The average molecular weight is 387 g/mol. The fraction of sp³-hybridized carbons (Fsp3) is 0.905. The second-order valence-electron chi connectivity index (χ2n) is 11.1. The van der Waals surface area contributed by atoms with Crippen LogP contribution in [0.25, 0.3) is 0 Å². The van der Waals surface area contributed by atoms with Gasteiger partial charge in [0.1, 0.15) is 6.10 Å². The first-order valence-electron chi connectivity index (χ1n) is 9.72. The maximum Gasteiger partial charge on any atom is 0.193 e. The SMILES string of the molecule is C=C1[C@H](COC(C)(C)C)[C@@H](OC(C)(C)C)[C@@H](O)[C@H]1O[Si](C)(C)C(C)(C)C. The predicted molar refractivity (Wildman–Crippen MR) is 111 cm³/mol. The highest BCUT2D eigenvalue weighted by Gasteiger charge is 2.51. The Morgan fingerprint density at radius 2 is 1.46 bits per heavy atom. The van der Waals surface area contributed by atoms with E-state index in [0.717, 1.165) is 5.57 Å². The molecule has 0 unspecified atom stereocenters. The Kier molecular flexibility index (Phi) is 7.03. The summed E-state index contributed by atoms with van der Waals surface area (Å²) in [5.41, 5.74) is 0.272. The van der Waals surface area contributed by atoms with Crippen LogP contribution in [0.2, 0.25) is 18.1 Å². The third kappa shape index (κ3) is 6.16. The van der Waals surface area contributed by atoms with E-state index in [-0.39, 0.29) is 28.3 Å². The second kappa shape index (κ2) is 7.67. The summed E-state index contributed by atoms with van der Waals surface area (Å²) in [6.45, 7) is 27.9. The van der Waals surface area contributed by atoms with Crippen molar-refractivity contribution in [1.29, 1.82) is 0 Å². The molecule has 1 aliphatic carbocycles. The molecular formula is C21H42O4Si. The van der Waals surface area contributed by atoms with Crippen LogP contribution in [0, 0.1) is 5.92 Å². The van der Waals surface area contributed by atoms with Crippen LogP contribution in [0.1, 0.15) is 62.3 Å². The normalized spacial score (nSPS) is 28.7. The Morgan fingerprint density at radius 1 is 0.962 bits per heavy atom. The van der Waals surface area contributed by atoms with Gasteiger partial charge in [0.15, 0.2) is 8.32 Å². The Hall–Kier alpha value is -0.203. The summed E-state index contributed by atoms with van der Waals surface area (Å²) in [6.07, 6.45) is -1.51. The summed E-state index contributed by atoms with van der Waals surface area (Å²) in [7, 11) is -2.05. The summed E-state index contributed by atoms with van der Waals surface area (Å²) < 4.78 is 18.8. The van der Waals surface area contributed by atoms with Gasteiger partial charge in [-0.2, -0.15) is 0 Å². The lowest BCUT2D eigenvalue weighted by atomic mass is 10.0. The Bertz CT molecular complexity index is 494. The van der Waals surface area contributed by atoms with Crippen molar-refractivity contribution in [3.8, 4) is 0 Å². The highest BCUT2D eigenvalue weighted by atomic mass is 28.4. The highest BCUT2D eigenvalue weighted by Crippen LogP contribution is 2.43. The van der Waals surface area contributed by atoms with E-state index in [2.05, 4.69) is 40.4 Å². The number of hydrogen-bond donors (Lipinski definition) is 1. The molecule has 5 heteroatoms. The van der Waals surface area contributed by atoms with E-state index in [1.807, 2.05) is 41.5 Å². The van der Waals surface area contributed by atoms with E-state index < -0.39 is 20.5 Å². The quantitative estimate of drug-likeness (QED) is 0.538. The molecule has 1 N–H and O–H groups in total. The maximum absolute atomic E-state index is 11.1. The van der Waals surface area contributed by atoms with Gasteiger partial charge in [-0.15, -0.1) is 0 Å². The van der Waals surface area contributed by atoms with Crippen LogP contribution in [0.3, 0.4) is 0 Å². The lowest BCUT2D eigenvalue weighted by molar-refractivity contribution is -0.138. The second-order valence-corrected chi connectivity index (χ2v) is 15.8. The van der Waals surface area contributed by atoms with Crippen molar-refractivity contribution in [2.24, 2.45) is 5.92 Å². The Labute approximate surface area is 162 Å². The third-order valence-electron chi connectivity index (χ3n) is 5.30. The first kappa shape index (κ1) is 23.8. The van der Waals surface area contributed by atoms with Crippen LogP contribution in [-0.2, 0) is 13.9 Å². The third-order valence-corrected chi connectivity index (χ3v) is 9.75. The van der Waals surface area contributed by atoms with Gasteiger partial charge in [0.2, 0.25) is 0 Å². The number of aliphatic hydroxyl groups excluding tert-OH is 1. The number of rotatable bonds is 5. The molecule has 0 heterocycles. The minimum atomic E-state index is -2.05. The number of hydrogen-bond acceptors (Lipinski definition) is 4. The molecule has 4 atom stereocenters. The van der Waals surface area contributed by atoms with Gasteiger partial charge in [0.05, 0.1) is 30.0 Å². The zero-order chi connectivity index (χ0) is 20.7. The summed E-state index contributed by atoms with van der Waals surface area (Å²) >= 11 is 0. The molecule has 0 aromatic carbocycles. The van der Waals surface area contributed by atoms with Crippen LogP contribution >= 0.6 is 0 Å². The van der Waals surface area contributed by atoms with Gasteiger partial charge < -0.3 is 19.0 Å². The summed E-state index contributed by atoms with van der Waals surface area (Å²) in [6, 6.07) is 0. The molecule has 154 valence electrons. The van der Waals surface area contributed by atoms with Crippen LogP contribution in [-0.4, -0.2) is 49.5 Å². The largest absolute Gasteiger partial charge is 0.408 e. The monoisotopic (exact) mass is 386 g/mol. The van der Waals surface area contributed by atoms with Gasteiger partial charge in [0.25, 0.3) is 0 Å². The lowest BCUT2D eigenvalue weighted by Crippen LogP contribution is -2.48. The number of aliphatic hydroxyl groups is 1. The van der Waals surface area contributed by atoms with Crippen LogP contribution < -0.4 is 0 Å². The van der Waals surface area contributed by atoms with E-state index >= 15 is 0 Å². The van der Waals surface area contributed by atoms with E-state index in [9.17, 15) is 5.11 Å². The molecule has 0 bridgehead atoms. The predicted octanol–water partition coefficient (Wildman–Crippen LogP) is 4.92. The van der Waals surface area contributed by atoms with Crippen molar-refractivity contribution < 1.29 is 19.0 Å². The zero-order valence-corrected chi connectivity index (χ0v) is 19.9. The van der Waals surface area contributed by atoms with Crippen molar-refractivity contribution in [3.05, 3.63) is 12.2 Å². The molecular weight excluding hydrogens is 344 g/mol. The molecule has 1 fully saturated rings. The molecule has 0 saturated heterocycles. The molecule has 1 saturated carbocycles. The maximum atomic E-state index is 11.1. The van der Waals surface area contributed by atoms with Gasteiger partial charge in [-0.1, -0.05) is 27.4 Å². The fourth-order valence-corrected chi connectivity index (χ4v) is 4.07. The smallest absolute Gasteiger partial charge is 0.193 e. The molecule has 1 rings (SSSR count). The van der Waals surface area contributed by atoms with Gasteiger partial charge in [-0.3, -0.25) is 0 Å².